The molecule has 0 amide bonds. The second-order valence-electron chi connectivity index (χ2n) is 5.59. The molecule has 2 saturated carbocycles. The summed E-state index contributed by atoms with van der Waals surface area (Å²) in [7, 11) is -2.68. The van der Waals surface area contributed by atoms with E-state index in [0.717, 1.165) is 31.0 Å². The summed E-state index contributed by atoms with van der Waals surface area (Å²) in [4.78, 5) is 1.59. The largest absolute Gasteiger partial charge is 1.00 e. The molecule has 0 spiro atoms. The molecule has 0 aromatic carbocycles. The molecule has 3 unspecified atom stereocenters. The zero-order chi connectivity index (χ0) is 10.5. The van der Waals surface area contributed by atoms with Crippen molar-refractivity contribution in [2.75, 3.05) is 24.6 Å². The standard InChI is InChI=1S/C11H19NO2S.ClH/c13-15(14)5-3-12(4-6-15)11-8-9-1-2-10(11)7-9;/h9-11H,1-8H2;1H. The van der Waals surface area contributed by atoms with Crippen LogP contribution in [-0.2, 0) is 9.84 Å². The maximum atomic E-state index is 11.4. The molecule has 3 atom stereocenters. The molecule has 0 aromatic rings. The second-order valence-corrected chi connectivity index (χ2v) is 7.90. The molecular formula is C11H20ClNO2S. The zero-order valence-corrected chi connectivity index (χ0v) is 11.1. The van der Waals surface area contributed by atoms with Crippen LogP contribution in [0.1, 0.15) is 25.7 Å². The summed E-state index contributed by atoms with van der Waals surface area (Å²) in [6.45, 7) is 1.74. The lowest BCUT2D eigenvalue weighted by atomic mass is 9.94. The zero-order valence-electron chi connectivity index (χ0n) is 9.49. The molecule has 3 fully saturated rings. The third-order valence-corrected chi connectivity index (χ3v) is 6.38. The summed E-state index contributed by atoms with van der Waals surface area (Å²) in [5.74, 6) is 2.75. The van der Waals surface area contributed by atoms with Gasteiger partial charge < -0.3 is 17.3 Å². The second kappa shape index (κ2) is 4.46. The average molecular weight is 266 g/mol. The highest BCUT2D eigenvalue weighted by atomic mass is 35.5. The maximum absolute atomic E-state index is 11.4. The topological polar surface area (TPSA) is 38.6 Å². The van der Waals surface area contributed by atoms with E-state index >= 15 is 0 Å². The Labute approximate surface area is 104 Å². The minimum atomic E-state index is -2.68. The van der Waals surface area contributed by atoms with Gasteiger partial charge in [0, 0.05) is 12.3 Å². The van der Waals surface area contributed by atoms with Gasteiger partial charge in [0.25, 0.3) is 0 Å². The smallest absolute Gasteiger partial charge is 0.161 e. The van der Waals surface area contributed by atoms with E-state index in [9.17, 15) is 8.42 Å². The first-order chi connectivity index (χ1) is 7.14. The van der Waals surface area contributed by atoms with E-state index < -0.39 is 9.84 Å². The van der Waals surface area contributed by atoms with Gasteiger partial charge in [-0.05, 0) is 25.2 Å². The summed E-state index contributed by atoms with van der Waals surface area (Å²) in [5.41, 5.74) is 0. The minimum absolute atomic E-state index is 0. The molecular weight excluding hydrogens is 246 g/mol. The predicted octanol–water partition coefficient (Wildman–Crippen LogP) is -3.51. The van der Waals surface area contributed by atoms with Crippen LogP contribution in [0.3, 0.4) is 0 Å². The molecule has 1 saturated heterocycles. The van der Waals surface area contributed by atoms with E-state index in [-0.39, 0.29) is 12.4 Å². The first kappa shape index (κ1) is 12.7. The Hall–Kier alpha value is 0.200. The molecule has 3 rings (SSSR count). The van der Waals surface area contributed by atoms with Gasteiger partial charge in [-0.3, -0.25) is 0 Å². The average Bonchev–Trinajstić information content (AvgIpc) is 2.78. The van der Waals surface area contributed by atoms with Gasteiger partial charge in [-0.15, -0.1) is 0 Å². The van der Waals surface area contributed by atoms with E-state index in [1.54, 1.807) is 4.90 Å². The number of rotatable bonds is 1. The van der Waals surface area contributed by atoms with Crippen molar-refractivity contribution < 1.29 is 25.7 Å². The van der Waals surface area contributed by atoms with E-state index in [4.69, 9.17) is 0 Å². The lowest BCUT2D eigenvalue weighted by Gasteiger charge is -2.33. The third-order valence-electron chi connectivity index (χ3n) is 4.73. The van der Waals surface area contributed by atoms with Crippen LogP contribution in [0.4, 0.5) is 0 Å². The summed E-state index contributed by atoms with van der Waals surface area (Å²) in [6.07, 6.45) is 5.65. The fourth-order valence-electron chi connectivity index (χ4n) is 3.92. The molecule has 0 aromatic heterocycles. The van der Waals surface area contributed by atoms with Crippen molar-refractivity contribution in [3.63, 3.8) is 0 Å². The summed E-state index contributed by atoms with van der Waals surface area (Å²) < 4.78 is 22.7. The van der Waals surface area contributed by atoms with E-state index in [1.165, 1.54) is 25.7 Å². The maximum Gasteiger partial charge on any atom is 0.161 e. The molecule has 16 heavy (non-hydrogen) atoms. The number of hydrogen-bond donors (Lipinski definition) is 1. The van der Waals surface area contributed by atoms with Crippen molar-refractivity contribution >= 4 is 9.84 Å². The number of nitrogens with one attached hydrogen (secondary N) is 1. The lowest BCUT2D eigenvalue weighted by Crippen LogP contribution is -3.18. The Morgan fingerprint density at radius 2 is 1.69 bits per heavy atom. The van der Waals surface area contributed by atoms with Crippen LogP contribution in [-0.4, -0.2) is 39.1 Å². The highest BCUT2D eigenvalue weighted by Gasteiger charge is 2.46. The van der Waals surface area contributed by atoms with Gasteiger partial charge >= 0.3 is 0 Å². The van der Waals surface area contributed by atoms with Crippen LogP contribution in [0.25, 0.3) is 0 Å². The Morgan fingerprint density at radius 1 is 1.00 bits per heavy atom. The molecule has 3 aliphatic rings. The van der Waals surface area contributed by atoms with Gasteiger partial charge in [-0.1, -0.05) is 0 Å². The number of hydrogen-bond acceptors (Lipinski definition) is 2. The predicted molar refractivity (Wildman–Crippen MR) is 58.6 cm³/mol. The van der Waals surface area contributed by atoms with Gasteiger partial charge in [0.15, 0.2) is 9.84 Å². The van der Waals surface area contributed by atoms with Crippen LogP contribution in [0.2, 0.25) is 0 Å². The fraction of sp³-hybridized carbons (Fsp3) is 1.00. The van der Waals surface area contributed by atoms with Gasteiger partial charge in [-0.25, -0.2) is 8.42 Å². The summed E-state index contributed by atoms with van der Waals surface area (Å²) in [6, 6.07) is 0.805. The van der Waals surface area contributed by atoms with Crippen molar-refractivity contribution in [1.29, 1.82) is 0 Å². The first-order valence-corrected chi connectivity index (χ1v) is 8.01. The first-order valence-electron chi connectivity index (χ1n) is 6.19. The Bertz CT molecular complexity index is 343. The molecule has 5 heteroatoms. The van der Waals surface area contributed by atoms with Crippen LogP contribution < -0.4 is 17.3 Å². The van der Waals surface area contributed by atoms with Crippen LogP contribution in [0, 0.1) is 11.8 Å². The van der Waals surface area contributed by atoms with Crippen molar-refractivity contribution in [1.82, 2.24) is 0 Å². The molecule has 1 N–H and O–H groups in total. The van der Waals surface area contributed by atoms with Gasteiger partial charge in [0.05, 0.1) is 30.6 Å². The fourth-order valence-corrected chi connectivity index (χ4v) is 5.27. The Morgan fingerprint density at radius 3 is 2.19 bits per heavy atom. The molecule has 94 valence electrons. The van der Waals surface area contributed by atoms with E-state index in [1.807, 2.05) is 0 Å². The highest BCUT2D eigenvalue weighted by Crippen LogP contribution is 2.43. The molecule has 1 heterocycles. The summed E-state index contributed by atoms with van der Waals surface area (Å²) >= 11 is 0. The molecule has 3 nitrogen and oxygen atoms in total. The monoisotopic (exact) mass is 265 g/mol. The van der Waals surface area contributed by atoms with E-state index in [2.05, 4.69) is 0 Å². The number of halogens is 1. The Balaban J connectivity index is 0.000000963. The van der Waals surface area contributed by atoms with Crippen molar-refractivity contribution in [3.8, 4) is 0 Å². The quantitative estimate of drug-likeness (QED) is 0.534. The van der Waals surface area contributed by atoms with Crippen LogP contribution in [0.15, 0.2) is 0 Å². The SMILES string of the molecule is O=S1(=O)CC[NH+](C2CC3CCC2C3)CC1.[Cl-]. The number of sulfone groups is 1. The number of quaternary nitrogens is 1. The number of fused-ring (bicyclic) bond motifs is 2. The molecule has 2 bridgehead atoms. The van der Waals surface area contributed by atoms with Gasteiger partial charge in [-0.2, -0.15) is 0 Å². The minimum Gasteiger partial charge on any atom is -1.00 e. The summed E-state index contributed by atoms with van der Waals surface area (Å²) in [5, 5.41) is 0. The lowest BCUT2D eigenvalue weighted by molar-refractivity contribution is -0.925. The molecule has 2 aliphatic carbocycles. The van der Waals surface area contributed by atoms with Crippen LogP contribution >= 0.6 is 0 Å². The molecule has 1 aliphatic heterocycles. The third kappa shape index (κ3) is 2.24. The van der Waals surface area contributed by atoms with Crippen molar-refractivity contribution in [3.05, 3.63) is 0 Å². The van der Waals surface area contributed by atoms with Crippen molar-refractivity contribution in [2.45, 2.75) is 31.7 Å². The van der Waals surface area contributed by atoms with Gasteiger partial charge in [0.1, 0.15) is 0 Å². The molecule has 0 radical (unpaired) electrons. The van der Waals surface area contributed by atoms with Crippen LogP contribution in [0.5, 0.6) is 0 Å². The van der Waals surface area contributed by atoms with Gasteiger partial charge in [0.2, 0.25) is 0 Å². The highest BCUT2D eigenvalue weighted by molar-refractivity contribution is 7.91. The van der Waals surface area contributed by atoms with Crippen molar-refractivity contribution in [2.24, 2.45) is 11.8 Å². The van der Waals surface area contributed by atoms with E-state index in [0.29, 0.717) is 11.5 Å². The normalized spacial score (nSPS) is 41.9. The Kier molecular flexibility index (Phi) is 3.53.